The molecule has 2 nitrogen and oxygen atoms in total. The SMILES string of the molecule is CC(C)N(C)CCC1CC1CN. The van der Waals surface area contributed by atoms with Gasteiger partial charge in [-0.15, -0.1) is 0 Å². The zero-order chi connectivity index (χ0) is 9.14. The summed E-state index contributed by atoms with van der Waals surface area (Å²) in [5, 5.41) is 0. The molecule has 0 radical (unpaired) electrons. The van der Waals surface area contributed by atoms with Gasteiger partial charge in [0.05, 0.1) is 0 Å². The second kappa shape index (κ2) is 4.24. The van der Waals surface area contributed by atoms with Crippen LogP contribution < -0.4 is 5.73 Å². The van der Waals surface area contributed by atoms with Gasteiger partial charge in [-0.25, -0.2) is 0 Å². The van der Waals surface area contributed by atoms with Crippen molar-refractivity contribution in [3.63, 3.8) is 0 Å². The lowest BCUT2D eigenvalue weighted by atomic mass is 10.2. The van der Waals surface area contributed by atoms with Crippen molar-refractivity contribution in [3.05, 3.63) is 0 Å². The fraction of sp³-hybridized carbons (Fsp3) is 1.00. The minimum absolute atomic E-state index is 0.681. The fourth-order valence-electron chi connectivity index (χ4n) is 1.58. The van der Waals surface area contributed by atoms with E-state index in [0.29, 0.717) is 6.04 Å². The fourth-order valence-corrected chi connectivity index (χ4v) is 1.58. The Hall–Kier alpha value is -0.0800. The van der Waals surface area contributed by atoms with Crippen LogP contribution in [0.5, 0.6) is 0 Å². The Morgan fingerprint density at radius 3 is 2.50 bits per heavy atom. The molecule has 0 aliphatic heterocycles. The van der Waals surface area contributed by atoms with Crippen molar-refractivity contribution in [2.45, 2.75) is 32.7 Å². The second-order valence-electron chi connectivity index (χ2n) is 4.35. The number of nitrogens with two attached hydrogens (primary N) is 1. The lowest BCUT2D eigenvalue weighted by Crippen LogP contribution is -2.27. The van der Waals surface area contributed by atoms with Crippen molar-refractivity contribution in [2.24, 2.45) is 17.6 Å². The highest BCUT2D eigenvalue weighted by Gasteiger charge is 2.34. The molecule has 1 aliphatic rings. The van der Waals surface area contributed by atoms with Crippen LogP contribution in [0.25, 0.3) is 0 Å². The summed E-state index contributed by atoms with van der Waals surface area (Å²) < 4.78 is 0. The van der Waals surface area contributed by atoms with Gasteiger partial charge in [0.15, 0.2) is 0 Å². The molecule has 72 valence electrons. The maximum absolute atomic E-state index is 5.58. The molecule has 2 heteroatoms. The lowest BCUT2D eigenvalue weighted by Gasteiger charge is -2.20. The van der Waals surface area contributed by atoms with Crippen molar-refractivity contribution in [1.29, 1.82) is 0 Å². The van der Waals surface area contributed by atoms with Crippen LogP contribution in [0, 0.1) is 11.8 Å². The molecule has 2 unspecified atom stereocenters. The number of hydrogen-bond donors (Lipinski definition) is 1. The van der Waals surface area contributed by atoms with E-state index in [0.717, 1.165) is 18.4 Å². The molecule has 0 saturated heterocycles. The molecule has 0 heterocycles. The van der Waals surface area contributed by atoms with Crippen molar-refractivity contribution < 1.29 is 0 Å². The molecule has 2 N–H and O–H groups in total. The molecule has 1 rings (SSSR count). The Kier molecular flexibility index (Phi) is 3.53. The van der Waals surface area contributed by atoms with Crippen molar-refractivity contribution in [1.82, 2.24) is 4.90 Å². The van der Waals surface area contributed by atoms with E-state index >= 15 is 0 Å². The van der Waals surface area contributed by atoms with Crippen molar-refractivity contribution in [3.8, 4) is 0 Å². The molecule has 0 aromatic carbocycles. The first-order valence-corrected chi connectivity index (χ1v) is 5.05. The smallest absolute Gasteiger partial charge is 0.00355 e. The van der Waals surface area contributed by atoms with E-state index in [1.807, 2.05) is 0 Å². The zero-order valence-corrected chi connectivity index (χ0v) is 8.59. The summed E-state index contributed by atoms with van der Waals surface area (Å²) >= 11 is 0. The summed E-state index contributed by atoms with van der Waals surface area (Å²) in [5.41, 5.74) is 5.58. The summed E-state index contributed by atoms with van der Waals surface area (Å²) in [6, 6.07) is 0.681. The summed E-state index contributed by atoms with van der Waals surface area (Å²) in [6.07, 6.45) is 2.72. The van der Waals surface area contributed by atoms with Crippen LogP contribution >= 0.6 is 0 Å². The van der Waals surface area contributed by atoms with Crippen LogP contribution in [0.15, 0.2) is 0 Å². The maximum atomic E-state index is 5.58. The normalized spacial score (nSPS) is 28.5. The summed E-state index contributed by atoms with van der Waals surface area (Å²) in [5.74, 6) is 1.79. The first kappa shape index (κ1) is 10.0. The lowest BCUT2D eigenvalue weighted by molar-refractivity contribution is 0.264. The maximum Gasteiger partial charge on any atom is 0.00355 e. The molecular formula is C10H22N2. The highest BCUT2D eigenvalue weighted by atomic mass is 15.1. The molecule has 1 aliphatic carbocycles. The number of nitrogens with zero attached hydrogens (tertiary/aromatic N) is 1. The van der Waals surface area contributed by atoms with Gasteiger partial charge in [0, 0.05) is 6.04 Å². The van der Waals surface area contributed by atoms with Gasteiger partial charge in [-0.05, 0) is 58.7 Å². The highest BCUT2D eigenvalue weighted by molar-refractivity contribution is 4.87. The molecule has 0 aromatic rings. The van der Waals surface area contributed by atoms with Crippen molar-refractivity contribution in [2.75, 3.05) is 20.1 Å². The van der Waals surface area contributed by atoms with Crippen LogP contribution in [-0.2, 0) is 0 Å². The van der Waals surface area contributed by atoms with Gasteiger partial charge in [-0.3, -0.25) is 0 Å². The summed E-state index contributed by atoms with van der Waals surface area (Å²) in [4.78, 5) is 2.41. The van der Waals surface area contributed by atoms with E-state index < -0.39 is 0 Å². The predicted molar refractivity (Wildman–Crippen MR) is 53.0 cm³/mol. The van der Waals surface area contributed by atoms with Gasteiger partial charge in [-0.2, -0.15) is 0 Å². The van der Waals surface area contributed by atoms with Crippen LogP contribution in [0.4, 0.5) is 0 Å². The van der Waals surface area contributed by atoms with E-state index in [1.54, 1.807) is 0 Å². The monoisotopic (exact) mass is 170 g/mol. The minimum Gasteiger partial charge on any atom is -0.330 e. The Balaban J connectivity index is 2.03. The largest absolute Gasteiger partial charge is 0.330 e. The minimum atomic E-state index is 0.681. The van der Waals surface area contributed by atoms with E-state index in [2.05, 4.69) is 25.8 Å². The Morgan fingerprint density at radius 1 is 1.42 bits per heavy atom. The third-order valence-electron chi connectivity index (χ3n) is 3.11. The van der Waals surface area contributed by atoms with Crippen LogP contribution in [0.2, 0.25) is 0 Å². The molecule has 12 heavy (non-hydrogen) atoms. The molecular weight excluding hydrogens is 148 g/mol. The van der Waals surface area contributed by atoms with E-state index in [9.17, 15) is 0 Å². The third-order valence-corrected chi connectivity index (χ3v) is 3.11. The summed E-state index contributed by atoms with van der Waals surface area (Å²) in [6.45, 7) is 6.62. The average molecular weight is 170 g/mol. The van der Waals surface area contributed by atoms with Crippen LogP contribution in [-0.4, -0.2) is 31.1 Å². The van der Waals surface area contributed by atoms with Crippen molar-refractivity contribution >= 4 is 0 Å². The topological polar surface area (TPSA) is 29.3 Å². The molecule has 0 amide bonds. The van der Waals surface area contributed by atoms with Gasteiger partial charge in [0.25, 0.3) is 0 Å². The van der Waals surface area contributed by atoms with E-state index in [-0.39, 0.29) is 0 Å². The summed E-state index contributed by atoms with van der Waals surface area (Å²) in [7, 11) is 2.20. The molecule has 1 saturated carbocycles. The Labute approximate surface area is 76.1 Å². The number of rotatable bonds is 5. The molecule has 1 fully saturated rings. The zero-order valence-electron chi connectivity index (χ0n) is 8.59. The van der Waals surface area contributed by atoms with Gasteiger partial charge < -0.3 is 10.6 Å². The Morgan fingerprint density at radius 2 is 2.08 bits per heavy atom. The second-order valence-corrected chi connectivity index (χ2v) is 4.35. The predicted octanol–water partition coefficient (Wildman–Crippen LogP) is 1.31. The van der Waals surface area contributed by atoms with Gasteiger partial charge in [-0.1, -0.05) is 0 Å². The van der Waals surface area contributed by atoms with Gasteiger partial charge in [0.2, 0.25) is 0 Å². The molecule has 2 atom stereocenters. The number of hydrogen-bond acceptors (Lipinski definition) is 2. The molecule has 0 spiro atoms. The first-order valence-electron chi connectivity index (χ1n) is 5.05. The highest BCUT2D eigenvalue weighted by Crippen LogP contribution is 2.40. The Bertz CT molecular complexity index is 134. The van der Waals surface area contributed by atoms with E-state index in [1.165, 1.54) is 19.4 Å². The average Bonchev–Trinajstić information content (AvgIpc) is 2.78. The van der Waals surface area contributed by atoms with Crippen LogP contribution in [0.1, 0.15) is 26.7 Å². The molecule has 0 bridgehead atoms. The third kappa shape index (κ3) is 2.76. The van der Waals surface area contributed by atoms with Crippen LogP contribution in [0.3, 0.4) is 0 Å². The van der Waals surface area contributed by atoms with Gasteiger partial charge >= 0.3 is 0 Å². The quantitative estimate of drug-likeness (QED) is 0.674. The standard InChI is InChI=1S/C10H22N2/c1-8(2)12(3)5-4-9-6-10(9)7-11/h8-10H,4-7,11H2,1-3H3. The van der Waals surface area contributed by atoms with E-state index in [4.69, 9.17) is 5.73 Å². The molecule has 0 aromatic heterocycles. The first-order chi connectivity index (χ1) is 5.65. The van der Waals surface area contributed by atoms with Gasteiger partial charge in [0.1, 0.15) is 0 Å².